The smallest absolute Gasteiger partial charge is 0.311 e. The second kappa shape index (κ2) is 6.61. The molecule has 1 aromatic carbocycles. The molecule has 0 aliphatic heterocycles. The summed E-state index contributed by atoms with van der Waals surface area (Å²) in [5.74, 6) is -0.0129. The van der Waals surface area contributed by atoms with Gasteiger partial charge in [-0.05, 0) is 31.0 Å². The quantitative estimate of drug-likeness (QED) is 0.810. The van der Waals surface area contributed by atoms with E-state index in [9.17, 15) is 9.90 Å². The van der Waals surface area contributed by atoms with Gasteiger partial charge < -0.3 is 19.3 Å². The van der Waals surface area contributed by atoms with Crippen LogP contribution in [0.5, 0.6) is 11.5 Å². The zero-order valence-electron chi connectivity index (χ0n) is 12.6. The first-order chi connectivity index (χ1) is 9.42. The van der Waals surface area contributed by atoms with Crippen molar-refractivity contribution in [3.8, 4) is 11.5 Å². The van der Waals surface area contributed by atoms with E-state index in [1.54, 1.807) is 32.2 Å². The van der Waals surface area contributed by atoms with Crippen LogP contribution in [0.2, 0.25) is 0 Å². The first-order valence-electron chi connectivity index (χ1n) is 6.45. The summed E-state index contributed by atoms with van der Waals surface area (Å²) < 4.78 is 15.1. The van der Waals surface area contributed by atoms with Crippen molar-refractivity contribution in [1.82, 2.24) is 0 Å². The summed E-state index contributed by atoms with van der Waals surface area (Å²) in [6.07, 6.45) is 0.466. The fraction of sp³-hybridized carbons (Fsp3) is 0.533. The molecule has 5 nitrogen and oxygen atoms in total. The number of esters is 1. The monoisotopic (exact) mass is 282 g/mol. The van der Waals surface area contributed by atoms with Gasteiger partial charge in [-0.25, -0.2) is 0 Å². The minimum Gasteiger partial charge on any atom is -0.493 e. The van der Waals surface area contributed by atoms with Crippen LogP contribution in [0.25, 0.3) is 0 Å². The molecule has 1 rings (SSSR count). The second-order valence-corrected chi connectivity index (χ2v) is 4.70. The predicted molar refractivity (Wildman–Crippen MR) is 74.9 cm³/mol. The molecular formula is C15H22O5. The zero-order chi connectivity index (χ0) is 15.3. The Morgan fingerprint density at radius 1 is 1.25 bits per heavy atom. The van der Waals surface area contributed by atoms with Crippen molar-refractivity contribution in [3.63, 3.8) is 0 Å². The first kappa shape index (κ1) is 16.3. The van der Waals surface area contributed by atoms with Crippen molar-refractivity contribution >= 4 is 5.97 Å². The van der Waals surface area contributed by atoms with E-state index in [0.717, 1.165) is 0 Å². The van der Waals surface area contributed by atoms with Gasteiger partial charge in [0.1, 0.15) is 5.60 Å². The van der Waals surface area contributed by atoms with Gasteiger partial charge in [-0.2, -0.15) is 0 Å². The average Bonchev–Trinajstić information content (AvgIpc) is 2.46. The maximum absolute atomic E-state index is 11.8. The molecule has 0 spiro atoms. The summed E-state index contributed by atoms with van der Waals surface area (Å²) in [4.78, 5) is 11.8. The third-order valence-electron chi connectivity index (χ3n) is 3.54. The molecule has 20 heavy (non-hydrogen) atoms. The van der Waals surface area contributed by atoms with Crippen molar-refractivity contribution in [3.05, 3.63) is 23.8 Å². The molecule has 5 heteroatoms. The minimum absolute atomic E-state index is 0.438. The van der Waals surface area contributed by atoms with Crippen LogP contribution < -0.4 is 9.47 Å². The van der Waals surface area contributed by atoms with E-state index in [2.05, 4.69) is 0 Å². The first-order valence-corrected chi connectivity index (χ1v) is 6.45. The molecule has 1 aromatic rings. The number of hydrogen-bond acceptors (Lipinski definition) is 5. The summed E-state index contributed by atoms with van der Waals surface area (Å²) >= 11 is 0. The van der Waals surface area contributed by atoms with E-state index in [-0.39, 0.29) is 0 Å². The third kappa shape index (κ3) is 3.04. The van der Waals surface area contributed by atoms with Gasteiger partial charge >= 0.3 is 5.97 Å². The van der Waals surface area contributed by atoms with Crippen LogP contribution in [0.3, 0.4) is 0 Å². The molecule has 0 saturated heterocycles. The Bertz CT molecular complexity index is 467. The van der Waals surface area contributed by atoms with Gasteiger partial charge in [0, 0.05) is 0 Å². The van der Waals surface area contributed by atoms with Crippen LogP contribution in [-0.4, -0.2) is 32.4 Å². The number of aliphatic hydroxyl groups is 1. The second-order valence-electron chi connectivity index (χ2n) is 4.70. The standard InChI is InChI=1S/C15H22O5/c1-6-11(14(16)20-5)15(2,17)10-7-8-12(18-3)13(9-10)19-4/h7-9,11,17H,6H2,1-5H3. The summed E-state index contributed by atoms with van der Waals surface area (Å²) in [5.41, 5.74) is -0.770. The molecule has 2 unspecified atom stereocenters. The number of methoxy groups -OCH3 is 3. The van der Waals surface area contributed by atoms with E-state index in [1.807, 2.05) is 6.92 Å². The third-order valence-corrected chi connectivity index (χ3v) is 3.54. The van der Waals surface area contributed by atoms with Crippen molar-refractivity contribution in [2.75, 3.05) is 21.3 Å². The molecule has 0 fully saturated rings. The molecule has 0 heterocycles. The Morgan fingerprint density at radius 3 is 2.30 bits per heavy atom. The molecule has 0 aromatic heterocycles. The summed E-state index contributed by atoms with van der Waals surface area (Å²) in [7, 11) is 4.38. The molecule has 0 bridgehead atoms. The van der Waals surface area contributed by atoms with Crippen LogP contribution in [0.15, 0.2) is 18.2 Å². The van der Waals surface area contributed by atoms with Gasteiger partial charge in [0.25, 0.3) is 0 Å². The molecule has 112 valence electrons. The molecule has 0 amide bonds. The molecule has 0 aliphatic carbocycles. The average molecular weight is 282 g/mol. The zero-order valence-corrected chi connectivity index (χ0v) is 12.6. The van der Waals surface area contributed by atoms with Gasteiger partial charge in [-0.15, -0.1) is 0 Å². The van der Waals surface area contributed by atoms with Crippen molar-refractivity contribution in [2.24, 2.45) is 5.92 Å². The van der Waals surface area contributed by atoms with Gasteiger partial charge in [-0.1, -0.05) is 13.0 Å². The Balaban J connectivity index is 3.23. The molecule has 2 atom stereocenters. The highest BCUT2D eigenvalue weighted by Crippen LogP contribution is 2.37. The lowest BCUT2D eigenvalue weighted by atomic mass is 9.81. The van der Waals surface area contributed by atoms with Gasteiger partial charge in [0.2, 0.25) is 0 Å². The van der Waals surface area contributed by atoms with E-state index >= 15 is 0 Å². The van der Waals surface area contributed by atoms with E-state index in [0.29, 0.717) is 23.5 Å². The Labute approximate surface area is 119 Å². The largest absolute Gasteiger partial charge is 0.493 e. The highest BCUT2D eigenvalue weighted by molar-refractivity contribution is 5.74. The number of rotatable bonds is 6. The summed E-state index contributed by atoms with van der Waals surface area (Å²) in [5, 5.41) is 10.7. The van der Waals surface area contributed by atoms with Crippen LogP contribution in [0.1, 0.15) is 25.8 Å². The molecule has 1 N–H and O–H groups in total. The highest BCUT2D eigenvalue weighted by atomic mass is 16.5. The fourth-order valence-electron chi connectivity index (χ4n) is 2.29. The number of carbonyl (C=O) groups is 1. The minimum atomic E-state index is -1.35. The Hall–Kier alpha value is -1.75. The fourth-order valence-corrected chi connectivity index (χ4v) is 2.29. The topological polar surface area (TPSA) is 65.0 Å². The number of ether oxygens (including phenoxy) is 3. The summed E-state index contributed by atoms with van der Waals surface area (Å²) in [6, 6.07) is 5.09. The lowest BCUT2D eigenvalue weighted by molar-refractivity contribution is -0.155. The number of hydrogen-bond donors (Lipinski definition) is 1. The lowest BCUT2D eigenvalue weighted by Crippen LogP contribution is -2.37. The van der Waals surface area contributed by atoms with Crippen LogP contribution in [0, 0.1) is 5.92 Å². The van der Waals surface area contributed by atoms with E-state index < -0.39 is 17.5 Å². The van der Waals surface area contributed by atoms with Gasteiger partial charge in [0.05, 0.1) is 27.2 Å². The Morgan fingerprint density at radius 2 is 1.85 bits per heavy atom. The van der Waals surface area contributed by atoms with E-state index in [1.165, 1.54) is 14.2 Å². The molecule has 0 radical (unpaired) electrons. The van der Waals surface area contributed by atoms with Crippen LogP contribution in [-0.2, 0) is 15.1 Å². The van der Waals surface area contributed by atoms with Gasteiger partial charge in [-0.3, -0.25) is 4.79 Å². The number of benzene rings is 1. The molecule has 0 saturated carbocycles. The van der Waals surface area contributed by atoms with Crippen LogP contribution in [0.4, 0.5) is 0 Å². The SMILES string of the molecule is CCC(C(=O)OC)C(C)(O)c1ccc(OC)c(OC)c1. The van der Waals surface area contributed by atoms with Crippen molar-refractivity contribution in [1.29, 1.82) is 0 Å². The highest BCUT2D eigenvalue weighted by Gasteiger charge is 2.38. The maximum atomic E-state index is 11.8. The lowest BCUT2D eigenvalue weighted by Gasteiger charge is -2.31. The Kier molecular flexibility index (Phi) is 5.39. The van der Waals surface area contributed by atoms with Gasteiger partial charge in [0.15, 0.2) is 11.5 Å². The number of carbonyl (C=O) groups excluding carboxylic acids is 1. The van der Waals surface area contributed by atoms with E-state index in [4.69, 9.17) is 14.2 Å². The normalized spacial score (nSPS) is 15.1. The maximum Gasteiger partial charge on any atom is 0.311 e. The predicted octanol–water partition coefficient (Wildman–Crippen LogP) is 2.11. The molecular weight excluding hydrogens is 260 g/mol. The van der Waals surface area contributed by atoms with Crippen molar-refractivity contribution in [2.45, 2.75) is 25.9 Å². The molecule has 0 aliphatic rings. The van der Waals surface area contributed by atoms with Crippen LogP contribution >= 0.6 is 0 Å². The van der Waals surface area contributed by atoms with Crippen molar-refractivity contribution < 1.29 is 24.1 Å². The summed E-state index contributed by atoms with van der Waals surface area (Å²) in [6.45, 7) is 3.43.